The summed E-state index contributed by atoms with van der Waals surface area (Å²) < 4.78 is 1.36. The SMILES string of the molecule is CCCc1cc(=O)n2nc(NC(c3cccc(C)c3)c3ccccn3)sc2n1. The molecule has 0 aliphatic rings. The number of aromatic nitrogens is 4. The van der Waals surface area contributed by atoms with Crippen molar-refractivity contribution in [3.05, 3.63) is 87.6 Å². The minimum absolute atomic E-state index is 0.150. The van der Waals surface area contributed by atoms with Gasteiger partial charge < -0.3 is 5.32 Å². The van der Waals surface area contributed by atoms with Crippen molar-refractivity contribution in [3.63, 3.8) is 0 Å². The fourth-order valence-corrected chi connectivity index (χ4v) is 4.00. The highest BCUT2D eigenvalue weighted by Gasteiger charge is 2.18. The van der Waals surface area contributed by atoms with Gasteiger partial charge in [0.25, 0.3) is 5.56 Å². The molecule has 0 aliphatic heterocycles. The van der Waals surface area contributed by atoms with Crippen LogP contribution in [0.2, 0.25) is 0 Å². The van der Waals surface area contributed by atoms with Crippen molar-refractivity contribution in [2.75, 3.05) is 5.32 Å². The predicted octanol–water partition coefficient (Wildman–Crippen LogP) is 4.01. The summed E-state index contributed by atoms with van der Waals surface area (Å²) in [6.45, 7) is 4.14. The van der Waals surface area contributed by atoms with Crippen molar-refractivity contribution in [1.82, 2.24) is 19.6 Å². The Hall–Kier alpha value is -3.06. The molecular weight excluding hydrogens is 370 g/mol. The first-order chi connectivity index (χ1) is 13.6. The van der Waals surface area contributed by atoms with Gasteiger partial charge in [0, 0.05) is 18.0 Å². The van der Waals surface area contributed by atoms with Crippen LogP contribution >= 0.6 is 11.3 Å². The van der Waals surface area contributed by atoms with Crippen molar-refractivity contribution in [1.29, 1.82) is 0 Å². The molecule has 1 atom stereocenters. The Balaban J connectivity index is 1.74. The number of fused-ring (bicyclic) bond motifs is 1. The molecule has 0 saturated carbocycles. The van der Waals surface area contributed by atoms with Crippen molar-refractivity contribution >= 4 is 21.4 Å². The molecule has 7 heteroatoms. The third-order valence-electron chi connectivity index (χ3n) is 4.43. The third kappa shape index (κ3) is 3.80. The summed E-state index contributed by atoms with van der Waals surface area (Å²) >= 11 is 1.38. The highest BCUT2D eigenvalue weighted by Crippen LogP contribution is 2.28. The van der Waals surface area contributed by atoms with E-state index in [4.69, 9.17) is 0 Å². The van der Waals surface area contributed by atoms with Crippen molar-refractivity contribution in [2.45, 2.75) is 32.7 Å². The minimum Gasteiger partial charge on any atom is -0.348 e. The molecule has 4 aromatic rings. The zero-order valence-electron chi connectivity index (χ0n) is 15.8. The standard InChI is InChI=1S/C21H21N5OS/c1-3-7-16-13-18(27)26-21(23-16)28-20(25-26)24-19(17-10-4-5-11-22-17)15-9-6-8-14(2)12-15/h4-6,8-13,19H,3,7H2,1-2H3,(H,24,25). The highest BCUT2D eigenvalue weighted by molar-refractivity contribution is 7.20. The van der Waals surface area contributed by atoms with Crippen LogP contribution in [0.15, 0.2) is 59.5 Å². The second-order valence-electron chi connectivity index (χ2n) is 6.68. The maximum atomic E-state index is 12.4. The zero-order valence-corrected chi connectivity index (χ0v) is 16.6. The lowest BCUT2D eigenvalue weighted by molar-refractivity contribution is 0.828. The van der Waals surface area contributed by atoms with E-state index in [0.717, 1.165) is 29.8 Å². The van der Waals surface area contributed by atoms with E-state index in [1.165, 1.54) is 21.4 Å². The summed E-state index contributed by atoms with van der Waals surface area (Å²) in [4.78, 5) is 22.1. The Bertz CT molecular complexity index is 1150. The van der Waals surface area contributed by atoms with Crippen LogP contribution in [0.25, 0.3) is 4.96 Å². The average molecular weight is 392 g/mol. The molecular formula is C21H21N5OS. The van der Waals surface area contributed by atoms with Crippen LogP contribution in [0.3, 0.4) is 0 Å². The topological polar surface area (TPSA) is 72.2 Å². The number of nitrogens with one attached hydrogen (secondary N) is 1. The van der Waals surface area contributed by atoms with Gasteiger partial charge in [0.05, 0.1) is 11.7 Å². The van der Waals surface area contributed by atoms with Crippen molar-refractivity contribution in [2.24, 2.45) is 0 Å². The number of nitrogens with zero attached hydrogens (tertiary/aromatic N) is 4. The van der Waals surface area contributed by atoms with E-state index < -0.39 is 0 Å². The number of anilines is 1. The van der Waals surface area contributed by atoms with E-state index >= 15 is 0 Å². The molecule has 6 nitrogen and oxygen atoms in total. The number of pyridine rings is 1. The summed E-state index contributed by atoms with van der Waals surface area (Å²) in [6, 6.07) is 15.5. The lowest BCUT2D eigenvalue weighted by Gasteiger charge is -2.18. The number of rotatable bonds is 6. The minimum atomic E-state index is -0.174. The smallest absolute Gasteiger partial charge is 0.275 e. The molecule has 142 valence electrons. The van der Waals surface area contributed by atoms with Gasteiger partial charge in [-0.15, -0.1) is 5.10 Å². The molecule has 1 unspecified atom stereocenters. The Morgan fingerprint density at radius 2 is 2.07 bits per heavy atom. The fraction of sp³-hybridized carbons (Fsp3) is 0.238. The van der Waals surface area contributed by atoms with Gasteiger partial charge in [0.15, 0.2) is 0 Å². The maximum absolute atomic E-state index is 12.4. The van der Waals surface area contributed by atoms with E-state index in [1.807, 2.05) is 24.3 Å². The first kappa shape index (κ1) is 18.3. The lowest BCUT2D eigenvalue weighted by Crippen LogP contribution is -2.17. The summed E-state index contributed by atoms with van der Waals surface area (Å²) in [7, 11) is 0. The molecule has 0 aliphatic carbocycles. The van der Waals surface area contributed by atoms with Crippen molar-refractivity contribution in [3.8, 4) is 0 Å². The largest absolute Gasteiger partial charge is 0.348 e. The quantitative estimate of drug-likeness (QED) is 0.538. The third-order valence-corrected chi connectivity index (χ3v) is 5.27. The van der Waals surface area contributed by atoms with E-state index in [9.17, 15) is 4.79 Å². The molecule has 1 aromatic carbocycles. The monoisotopic (exact) mass is 391 g/mol. The van der Waals surface area contributed by atoms with Crippen LogP contribution in [0.5, 0.6) is 0 Å². The van der Waals surface area contributed by atoms with Gasteiger partial charge in [-0.25, -0.2) is 4.98 Å². The summed E-state index contributed by atoms with van der Waals surface area (Å²) in [5, 5.41) is 8.53. The maximum Gasteiger partial charge on any atom is 0.275 e. The van der Waals surface area contributed by atoms with Gasteiger partial charge >= 0.3 is 0 Å². The average Bonchev–Trinajstić information content (AvgIpc) is 3.10. The molecule has 0 spiro atoms. The van der Waals surface area contributed by atoms with Gasteiger partial charge in [-0.05, 0) is 31.0 Å². The van der Waals surface area contributed by atoms with E-state index in [-0.39, 0.29) is 11.6 Å². The van der Waals surface area contributed by atoms with Crippen LogP contribution in [0, 0.1) is 6.92 Å². The lowest BCUT2D eigenvalue weighted by atomic mass is 10.0. The summed E-state index contributed by atoms with van der Waals surface area (Å²) in [5.41, 5.74) is 3.81. The van der Waals surface area contributed by atoms with Gasteiger partial charge in [-0.2, -0.15) is 4.52 Å². The Morgan fingerprint density at radius 3 is 2.82 bits per heavy atom. The molecule has 28 heavy (non-hydrogen) atoms. The fourth-order valence-electron chi connectivity index (χ4n) is 3.15. The Labute approximate surface area is 166 Å². The Kier molecular flexibility index (Phi) is 5.16. The van der Waals surface area contributed by atoms with Crippen LogP contribution in [-0.4, -0.2) is 19.6 Å². The van der Waals surface area contributed by atoms with Crippen LogP contribution < -0.4 is 10.9 Å². The van der Waals surface area contributed by atoms with Crippen LogP contribution in [-0.2, 0) is 6.42 Å². The van der Waals surface area contributed by atoms with Gasteiger partial charge in [0.2, 0.25) is 10.1 Å². The molecule has 3 heterocycles. The number of benzene rings is 1. The molecule has 0 fully saturated rings. The molecule has 4 rings (SSSR count). The number of hydrogen-bond acceptors (Lipinski definition) is 6. The molecule has 1 N–H and O–H groups in total. The molecule has 0 saturated heterocycles. The van der Waals surface area contributed by atoms with E-state index in [1.54, 1.807) is 12.3 Å². The Morgan fingerprint density at radius 1 is 1.18 bits per heavy atom. The second-order valence-corrected chi connectivity index (χ2v) is 7.64. The molecule has 0 radical (unpaired) electrons. The first-order valence-corrected chi connectivity index (χ1v) is 10.1. The van der Waals surface area contributed by atoms with Crippen molar-refractivity contribution < 1.29 is 0 Å². The van der Waals surface area contributed by atoms with Gasteiger partial charge in [-0.3, -0.25) is 9.78 Å². The number of hydrogen-bond donors (Lipinski definition) is 1. The first-order valence-electron chi connectivity index (χ1n) is 9.28. The molecule has 0 bridgehead atoms. The van der Waals surface area contributed by atoms with E-state index in [0.29, 0.717) is 10.1 Å². The predicted molar refractivity (Wildman–Crippen MR) is 112 cm³/mol. The van der Waals surface area contributed by atoms with Crippen LogP contribution in [0.4, 0.5) is 5.13 Å². The second kappa shape index (κ2) is 7.90. The molecule has 3 aromatic heterocycles. The summed E-state index contributed by atoms with van der Waals surface area (Å²) in [6.07, 6.45) is 3.51. The van der Waals surface area contributed by atoms with Crippen LogP contribution in [0.1, 0.15) is 41.9 Å². The zero-order chi connectivity index (χ0) is 19.5. The van der Waals surface area contributed by atoms with Gasteiger partial charge in [0.1, 0.15) is 0 Å². The highest BCUT2D eigenvalue weighted by atomic mass is 32.1. The summed E-state index contributed by atoms with van der Waals surface area (Å²) in [5.74, 6) is 0. The number of aryl methyl sites for hydroxylation is 2. The normalized spacial score (nSPS) is 12.2. The molecule has 0 amide bonds. The van der Waals surface area contributed by atoms with Gasteiger partial charge in [-0.1, -0.05) is 60.6 Å². The van der Waals surface area contributed by atoms with E-state index in [2.05, 4.69) is 52.4 Å².